The van der Waals surface area contributed by atoms with Crippen LogP contribution in [0.25, 0.3) is 0 Å². The van der Waals surface area contributed by atoms with E-state index in [4.69, 9.17) is 21.1 Å². The number of ether oxygens (including phenoxy) is 2. The minimum absolute atomic E-state index is 0.347. The first-order valence-electron chi connectivity index (χ1n) is 6.15. The van der Waals surface area contributed by atoms with Crippen molar-refractivity contribution < 1.29 is 14.3 Å². The normalized spacial score (nSPS) is 10.2. The zero-order valence-corrected chi connectivity index (χ0v) is 12.1. The smallest absolute Gasteiger partial charge is 0.163 e. The van der Waals surface area contributed by atoms with Gasteiger partial charge in [0, 0.05) is 11.6 Å². The fourth-order valence-electron chi connectivity index (χ4n) is 1.76. The van der Waals surface area contributed by atoms with Crippen LogP contribution in [-0.2, 0) is 6.61 Å². The average Bonchev–Trinajstić information content (AvgIpc) is 2.46. The molecule has 0 unspecified atom stereocenters. The van der Waals surface area contributed by atoms with Gasteiger partial charge in [-0.3, -0.25) is 4.79 Å². The molecule has 0 N–H and O–H groups in total. The molecule has 0 heterocycles. The first-order valence-corrected chi connectivity index (χ1v) is 6.53. The van der Waals surface area contributed by atoms with Gasteiger partial charge in [0.2, 0.25) is 0 Å². The summed E-state index contributed by atoms with van der Waals surface area (Å²) in [5, 5.41) is 0.347. The maximum Gasteiger partial charge on any atom is 0.163 e. The summed E-state index contributed by atoms with van der Waals surface area (Å²) in [5.74, 6) is 1.01. The standard InChI is InChI=1S/C16H15ClO3/c1-11-3-5-12(6-4-11)10-20-16-8-14(17)13(9-18)7-15(16)19-2/h3-9H,10H2,1-2H3. The first-order chi connectivity index (χ1) is 9.63. The van der Waals surface area contributed by atoms with Crippen molar-refractivity contribution in [2.75, 3.05) is 7.11 Å². The Hall–Kier alpha value is -2.00. The van der Waals surface area contributed by atoms with Gasteiger partial charge in [0.15, 0.2) is 17.8 Å². The lowest BCUT2D eigenvalue weighted by atomic mass is 10.2. The summed E-state index contributed by atoms with van der Waals surface area (Å²) in [6.45, 7) is 2.44. The number of aryl methyl sites for hydroxylation is 1. The van der Waals surface area contributed by atoms with Crippen molar-refractivity contribution >= 4 is 17.9 Å². The zero-order chi connectivity index (χ0) is 14.5. The summed E-state index contributed by atoms with van der Waals surface area (Å²) < 4.78 is 10.9. The van der Waals surface area contributed by atoms with Crippen LogP contribution in [0.5, 0.6) is 11.5 Å². The second-order valence-corrected chi connectivity index (χ2v) is 4.82. The fourth-order valence-corrected chi connectivity index (χ4v) is 1.96. The molecule has 0 aliphatic carbocycles. The molecule has 0 aliphatic rings. The van der Waals surface area contributed by atoms with E-state index in [1.54, 1.807) is 12.1 Å². The molecule has 3 nitrogen and oxygen atoms in total. The van der Waals surface area contributed by atoms with E-state index in [9.17, 15) is 4.79 Å². The van der Waals surface area contributed by atoms with E-state index >= 15 is 0 Å². The Balaban J connectivity index is 2.18. The molecular formula is C16H15ClO3. The second-order valence-electron chi connectivity index (χ2n) is 4.42. The van der Waals surface area contributed by atoms with Gasteiger partial charge in [-0.1, -0.05) is 41.4 Å². The van der Waals surface area contributed by atoms with Gasteiger partial charge in [-0.05, 0) is 18.6 Å². The number of rotatable bonds is 5. The summed E-state index contributed by atoms with van der Waals surface area (Å²) in [5.41, 5.74) is 2.63. The van der Waals surface area contributed by atoms with E-state index in [1.165, 1.54) is 12.7 Å². The van der Waals surface area contributed by atoms with Crippen LogP contribution in [0.1, 0.15) is 21.5 Å². The van der Waals surface area contributed by atoms with Gasteiger partial charge in [0.05, 0.1) is 12.1 Å². The Morgan fingerprint density at radius 2 is 1.85 bits per heavy atom. The third-order valence-corrected chi connectivity index (χ3v) is 3.25. The van der Waals surface area contributed by atoms with Crippen LogP contribution in [0.3, 0.4) is 0 Å². The van der Waals surface area contributed by atoms with Crippen molar-refractivity contribution in [2.24, 2.45) is 0 Å². The van der Waals surface area contributed by atoms with Crippen LogP contribution in [0, 0.1) is 6.92 Å². The highest BCUT2D eigenvalue weighted by Crippen LogP contribution is 2.33. The highest BCUT2D eigenvalue weighted by atomic mass is 35.5. The van der Waals surface area contributed by atoms with Crippen molar-refractivity contribution in [3.63, 3.8) is 0 Å². The summed E-state index contributed by atoms with van der Waals surface area (Å²) in [4.78, 5) is 10.8. The van der Waals surface area contributed by atoms with E-state index in [0.717, 1.165) is 5.56 Å². The molecule has 2 aromatic rings. The lowest BCUT2D eigenvalue weighted by molar-refractivity contribution is 0.112. The highest BCUT2D eigenvalue weighted by Gasteiger charge is 2.10. The molecule has 0 aliphatic heterocycles. The largest absolute Gasteiger partial charge is 0.493 e. The number of carbonyl (C=O) groups excluding carboxylic acids is 1. The minimum atomic E-state index is 0.347. The zero-order valence-electron chi connectivity index (χ0n) is 11.4. The van der Waals surface area contributed by atoms with Crippen LogP contribution >= 0.6 is 11.6 Å². The van der Waals surface area contributed by atoms with Crippen molar-refractivity contribution in [1.82, 2.24) is 0 Å². The predicted octanol–water partition coefficient (Wildman–Crippen LogP) is 4.05. The average molecular weight is 291 g/mol. The summed E-state index contributed by atoms with van der Waals surface area (Å²) in [7, 11) is 1.52. The van der Waals surface area contributed by atoms with Gasteiger partial charge in [-0.15, -0.1) is 0 Å². The third kappa shape index (κ3) is 3.31. The number of halogens is 1. The Bertz CT molecular complexity index is 606. The fraction of sp³-hybridized carbons (Fsp3) is 0.188. The molecule has 0 amide bonds. The molecule has 0 aromatic heterocycles. The molecule has 2 aromatic carbocycles. The molecule has 0 fully saturated rings. The van der Waals surface area contributed by atoms with Crippen LogP contribution in [0.4, 0.5) is 0 Å². The number of benzene rings is 2. The quantitative estimate of drug-likeness (QED) is 0.779. The summed E-state index contributed by atoms with van der Waals surface area (Å²) in [6.07, 6.45) is 0.689. The van der Waals surface area contributed by atoms with Gasteiger partial charge >= 0.3 is 0 Å². The summed E-state index contributed by atoms with van der Waals surface area (Å²) in [6, 6.07) is 11.2. The lowest BCUT2D eigenvalue weighted by Crippen LogP contribution is -1.99. The molecule has 104 valence electrons. The lowest BCUT2D eigenvalue weighted by Gasteiger charge is -2.12. The molecule has 4 heteroatoms. The molecule has 2 rings (SSSR count). The van der Waals surface area contributed by atoms with Gasteiger partial charge in [0.25, 0.3) is 0 Å². The van der Waals surface area contributed by atoms with Crippen molar-refractivity contribution in [3.05, 3.63) is 58.1 Å². The molecule has 0 radical (unpaired) electrons. The molecule has 0 saturated carbocycles. The molecule has 0 saturated heterocycles. The van der Waals surface area contributed by atoms with E-state index in [1.807, 2.05) is 31.2 Å². The Kier molecular flexibility index (Phi) is 4.64. The van der Waals surface area contributed by atoms with Crippen molar-refractivity contribution in [2.45, 2.75) is 13.5 Å². The van der Waals surface area contributed by atoms with E-state index in [-0.39, 0.29) is 0 Å². The monoisotopic (exact) mass is 290 g/mol. The van der Waals surface area contributed by atoms with E-state index in [0.29, 0.717) is 35.0 Å². The highest BCUT2D eigenvalue weighted by molar-refractivity contribution is 6.33. The van der Waals surface area contributed by atoms with Crippen molar-refractivity contribution in [3.8, 4) is 11.5 Å². The number of aldehydes is 1. The molecule has 0 bridgehead atoms. The Morgan fingerprint density at radius 3 is 2.45 bits per heavy atom. The molecule has 0 atom stereocenters. The van der Waals surface area contributed by atoms with E-state index < -0.39 is 0 Å². The number of carbonyl (C=O) groups is 1. The number of hydrogen-bond donors (Lipinski definition) is 0. The maximum absolute atomic E-state index is 10.8. The first kappa shape index (κ1) is 14.4. The maximum atomic E-state index is 10.8. The minimum Gasteiger partial charge on any atom is -0.493 e. The molecule has 20 heavy (non-hydrogen) atoms. The van der Waals surface area contributed by atoms with Gasteiger partial charge in [-0.2, -0.15) is 0 Å². The third-order valence-electron chi connectivity index (χ3n) is 2.92. The SMILES string of the molecule is COc1cc(C=O)c(Cl)cc1OCc1ccc(C)cc1. The predicted molar refractivity (Wildman–Crippen MR) is 78.9 cm³/mol. The van der Waals surface area contributed by atoms with Crippen LogP contribution in [-0.4, -0.2) is 13.4 Å². The Morgan fingerprint density at radius 1 is 1.15 bits per heavy atom. The molecular weight excluding hydrogens is 276 g/mol. The van der Waals surface area contributed by atoms with Crippen LogP contribution in [0.15, 0.2) is 36.4 Å². The van der Waals surface area contributed by atoms with Gasteiger partial charge in [-0.25, -0.2) is 0 Å². The second kappa shape index (κ2) is 6.44. The summed E-state index contributed by atoms with van der Waals surface area (Å²) >= 11 is 5.99. The van der Waals surface area contributed by atoms with E-state index in [2.05, 4.69) is 0 Å². The number of methoxy groups -OCH3 is 1. The number of hydrogen-bond acceptors (Lipinski definition) is 3. The Labute approximate surface area is 123 Å². The van der Waals surface area contributed by atoms with Gasteiger partial charge in [0.1, 0.15) is 6.61 Å². The van der Waals surface area contributed by atoms with Crippen molar-refractivity contribution in [1.29, 1.82) is 0 Å². The van der Waals surface area contributed by atoms with Crippen LogP contribution < -0.4 is 9.47 Å². The van der Waals surface area contributed by atoms with Crippen LogP contribution in [0.2, 0.25) is 5.02 Å². The van der Waals surface area contributed by atoms with Gasteiger partial charge < -0.3 is 9.47 Å². The molecule has 0 spiro atoms. The topological polar surface area (TPSA) is 35.5 Å².